The summed E-state index contributed by atoms with van der Waals surface area (Å²) < 4.78 is 5.19. The Balaban J connectivity index is 2.12. The number of hydrogen-bond acceptors (Lipinski definition) is 4. The van der Waals surface area contributed by atoms with Crippen LogP contribution in [-0.4, -0.2) is 55.0 Å². The smallest absolute Gasteiger partial charge is 0.256 e. The van der Waals surface area contributed by atoms with Gasteiger partial charge in [0.15, 0.2) is 0 Å². The maximum atomic E-state index is 12.7. The molecule has 0 aromatic heterocycles. The average molecular weight is 291 g/mol. The minimum absolute atomic E-state index is 0.000978. The molecule has 0 saturated carbocycles. The molecule has 1 aromatic carbocycles. The number of nitrogen functional groups attached to an aromatic ring is 1. The molecule has 1 amide bonds. The molecule has 1 fully saturated rings. The highest BCUT2D eigenvalue weighted by molar-refractivity contribution is 6.00. The molecule has 1 aliphatic rings. The van der Waals surface area contributed by atoms with Crippen molar-refractivity contribution in [2.75, 3.05) is 39.0 Å². The van der Waals surface area contributed by atoms with Crippen molar-refractivity contribution in [2.45, 2.75) is 26.3 Å². The number of ether oxygens (including phenoxy) is 1. The molecule has 1 saturated heterocycles. The molecule has 5 heteroatoms. The summed E-state index contributed by atoms with van der Waals surface area (Å²) in [7, 11) is 1.56. The largest absolute Gasteiger partial charge is 0.495 e. The second-order valence-electron chi connectivity index (χ2n) is 5.34. The van der Waals surface area contributed by atoms with Crippen LogP contribution in [0.1, 0.15) is 30.6 Å². The number of rotatable bonds is 5. The van der Waals surface area contributed by atoms with Gasteiger partial charge in [-0.1, -0.05) is 19.9 Å². The van der Waals surface area contributed by atoms with Crippen molar-refractivity contribution < 1.29 is 9.53 Å². The SMILES string of the molecule is CCN(CC)C1CCN(C(=O)c2cccc(OC)c2N)C1. The van der Waals surface area contributed by atoms with Gasteiger partial charge in [-0.25, -0.2) is 0 Å². The van der Waals surface area contributed by atoms with Crippen LogP contribution in [0.15, 0.2) is 18.2 Å². The number of likely N-dealkylation sites (N-methyl/N-ethyl adjacent to an activating group) is 1. The first kappa shape index (κ1) is 15.6. The van der Waals surface area contributed by atoms with E-state index in [9.17, 15) is 4.79 Å². The molecule has 116 valence electrons. The van der Waals surface area contributed by atoms with E-state index in [4.69, 9.17) is 10.5 Å². The summed E-state index contributed by atoms with van der Waals surface area (Å²) in [6.07, 6.45) is 1.03. The summed E-state index contributed by atoms with van der Waals surface area (Å²) in [6.45, 7) is 7.92. The molecular weight excluding hydrogens is 266 g/mol. The van der Waals surface area contributed by atoms with Crippen molar-refractivity contribution in [1.29, 1.82) is 0 Å². The molecule has 1 atom stereocenters. The lowest BCUT2D eigenvalue weighted by atomic mass is 10.1. The highest BCUT2D eigenvalue weighted by atomic mass is 16.5. The summed E-state index contributed by atoms with van der Waals surface area (Å²) in [5, 5.41) is 0. The van der Waals surface area contributed by atoms with E-state index in [-0.39, 0.29) is 5.91 Å². The fraction of sp³-hybridized carbons (Fsp3) is 0.562. The Labute approximate surface area is 126 Å². The lowest BCUT2D eigenvalue weighted by Gasteiger charge is -2.26. The van der Waals surface area contributed by atoms with Crippen LogP contribution in [0, 0.1) is 0 Å². The highest BCUT2D eigenvalue weighted by Gasteiger charge is 2.30. The first-order chi connectivity index (χ1) is 10.1. The highest BCUT2D eigenvalue weighted by Crippen LogP contribution is 2.27. The fourth-order valence-electron chi connectivity index (χ4n) is 3.04. The molecule has 2 rings (SSSR count). The molecule has 0 spiro atoms. The van der Waals surface area contributed by atoms with E-state index in [0.717, 1.165) is 32.6 Å². The summed E-state index contributed by atoms with van der Waals surface area (Å²) in [5.74, 6) is 0.557. The molecule has 0 radical (unpaired) electrons. The van der Waals surface area contributed by atoms with Gasteiger partial charge in [-0.15, -0.1) is 0 Å². The van der Waals surface area contributed by atoms with Crippen molar-refractivity contribution in [3.8, 4) is 5.75 Å². The van der Waals surface area contributed by atoms with Crippen LogP contribution in [0.5, 0.6) is 5.75 Å². The summed E-state index contributed by atoms with van der Waals surface area (Å²) in [6, 6.07) is 5.80. The first-order valence-electron chi connectivity index (χ1n) is 7.58. The summed E-state index contributed by atoms with van der Waals surface area (Å²) >= 11 is 0. The predicted octanol–water partition coefficient (Wildman–Crippen LogP) is 1.83. The Morgan fingerprint density at radius 2 is 2.14 bits per heavy atom. The third-order valence-corrected chi connectivity index (χ3v) is 4.30. The van der Waals surface area contributed by atoms with Crippen LogP contribution in [0.25, 0.3) is 0 Å². The zero-order valence-electron chi connectivity index (χ0n) is 13.1. The number of benzene rings is 1. The lowest BCUT2D eigenvalue weighted by molar-refractivity contribution is 0.0778. The maximum Gasteiger partial charge on any atom is 0.256 e. The zero-order chi connectivity index (χ0) is 15.4. The molecule has 1 aliphatic heterocycles. The lowest BCUT2D eigenvalue weighted by Crippen LogP contribution is -2.38. The number of nitrogens with zero attached hydrogens (tertiary/aromatic N) is 2. The van der Waals surface area contributed by atoms with E-state index in [1.165, 1.54) is 0 Å². The topological polar surface area (TPSA) is 58.8 Å². The average Bonchev–Trinajstić information content (AvgIpc) is 2.98. The van der Waals surface area contributed by atoms with Gasteiger partial charge in [-0.05, 0) is 31.6 Å². The number of likely N-dealkylation sites (tertiary alicyclic amines) is 1. The number of carbonyl (C=O) groups is 1. The third kappa shape index (κ3) is 3.13. The number of hydrogen-bond donors (Lipinski definition) is 1. The summed E-state index contributed by atoms with van der Waals surface area (Å²) in [5.41, 5.74) is 6.99. The molecule has 1 heterocycles. The van der Waals surface area contributed by atoms with E-state index >= 15 is 0 Å². The Kier molecular flexibility index (Phi) is 5.07. The normalized spacial score (nSPS) is 18.3. The van der Waals surface area contributed by atoms with Gasteiger partial charge in [0.1, 0.15) is 5.75 Å². The van der Waals surface area contributed by atoms with Gasteiger partial charge >= 0.3 is 0 Å². The minimum atomic E-state index is 0.000978. The van der Waals surface area contributed by atoms with Gasteiger partial charge in [0.2, 0.25) is 0 Å². The molecule has 2 N–H and O–H groups in total. The van der Waals surface area contributed by atoms with Crippen LogP contribution < -0.4 is 10.5 Å². The van der Waals surface area contributed by atoms with Crippen LogP contribution in [-0.2, 0) is 0 Å². The van der Waals surface area contributed by atoms with E-state index in [1.54, 1.807) is 25.3 Å². The van der Waals surface area contributed by atoms with E-state index in [0.29, 0.717) is 23.0 Å². The molecule has 1 unspecified atom stereocenters. The molecular formula is C16H25N3O2. The quantitative estimate of drug-likeness (QED) is 0.841. The predicted molar refractivity (Wildman–Crippen MR) is 84.6 cm³/mol. The van der Waals surface area contributed by atoms with Crippen LogP contribution in [0.3, 0.4) is 0 Å². The number of amides is 1. The Morgan fingerprint density at radius 1 is 1.43 bits per heavy atom. The standard InChI is InChI=1S/C16H25N3O2/c1-4-18(5-2)12-9-10-19(11-12)16(20)13-7-6-8-14(21-3)15(13)17/h6-8,12H,4-5,9-11,17H2,1-3H3. The van der Waals surface area contributed by atoms with E-state index in [1.807, 2.05) is 4.90 Å². The second kappa shape index (κ2) is 6.80. The van der Waals surface area contributed by atoms with Gasteiger partial charge in [0.25, 0.3) is 5.91 Å². The van der Waals surface area contributed by atoms with Gasteiger partial charge in [-0.3, -0.25) is 9.69 Å². The summed E-state index contributed by atoms with van der Waals surface area (Å²) in [4.78, 5) is 17.0. The molecule has 5 nitrogen and oxygen atoms in total. The Bertz CT molecular complexity index is 500. The van der Waals surface area contributed by atoms with Crippen LogP contribution in [0.2, 0.25) is 0 Å². The van der Waals surface area contributed by atoms with Crippen LogP contribution >= 0.6 is 0 Å². The van der Waals surface area contributed by atoms with Gasteiger partial charge < -0.3 is 15.4 Å². The van der Waals surface area contributed by atoms with E-state index < -0.39 is 0 Å². The monoisotopic (exact) mass is 291 g/mol. The van der Waals surface area contributed by atoms with Gasteiger partial charge in [0, 0.05) is 19.1 Å². The first-order valence-corrected chi connectivity index (χ1v) is 7.58. The molecule has 21 heavy (non-hydrogen) atoms. The van der Waals surface area contributed by atoms with Crippen molar-refractivity contribution in [3.05, 3.63) is 23.8 Å². The van der Waals surface area contributed by atoms with Crippen molar-refractivity contribution in [3.63, 3.8) is 0 Å². The number of carbonyl (C=O) groups excluding carboxylic acids is 1. The van der Waals surface area contributed by atoms with Crippen molar-refractivity contribution in [2.24, 2.45) is 0 Å². The van der Waals surface area contributed by atoms with Crippen molar-refractivity contribution in [1.82, 2.24) is 9.80 Å². The molecule has 0 aliphatic carbocycles. The molecule has 1 aromatic rings. The Hall–Kier alpha value is -1.75. The van der Waals surface area contributed by atoms with Crippen LogP contribution in [0.4, 0.5) is 5.69 Å². The zero-order valence-corrected chi connectivity index (χ0v) is 13.1. The third-order valence-electron chi connectivity index (χ3n) is 4.30. The number of methoxy groups -OCH3 is 1. The van der Waals surface area contributed by atoms with Gasteiger partial charge in [-0.2, -0.15) is 0 Å². The minimum Gasteiger partial charge on any atom is -0.495 e. The second-order valence-corrected chi connectivity index (χ2v) is 5.34. The molecule has 0 bridgehead atoms. The number of para-hydroxylation sites is 1. The number of nitrogens with two attached hydrogens (primary N) is 1. The maximum absolute atomic E-state index is 12.7. The fourth-order valence-corrected chi connectivity index (χ4v) is 3.04. The Morgan fingerprint density at radius 3 is 2.76 bits per heavy atom. The number of anilines is 1. The van der Waals surface area contributed by atoms with E-state index in [2.05, 4.69) is 18.7 Å². The van der Waals surface area contributed by atoms with Crippen molar-refractivity contribution >= 4 is 11.6 Å². The van der Waals surface area contributed by atoms with Gasteiger partial charge in [0.05, 0.1) is 18.4 Å².